The summed E-state index contributed by atoms with van der Waals surface area (Å²) < 4.78 is 28.1. The minimum absolute atomic E-state index is 0.0825. The van der Waals surface area contributed by atoms with Crippen molar-refractivity contribution in [3.63, 3.8) is 0 Å². The first kappa shape index (κ1) is 12.7. The number of hydrogen-bond donors (Lipinski definition) is 1. The molecular weight excluding hydrogens is 308 g/mol. The molecule has 5 heteroatoms. The van der Waals surface area contributed by atoms with Gasteiger partial charge in [0.05, 0.1) is 9.83 Å². The summed E-state index contributed by atoms with van der Waals surface area (Å²) in [5.74, 6) is -1.22. The third-order valence-corrected chi connectivity index (χ3v) is 4.14. The number of halogens is 3. The van der Waals surface area contributed by atoms with E-state index in [1.807, 2.05) is 6.92 Å². The van der Waals surface area contributed by atoms with Crippen molar-refractivity contribution in [1.82, 2.24) is 0 Å². The van der Waals surface area contributed by atoms with Crippen LogP contribution in [0.5, 0.6) is 0 Å². The quantitative estimate of drug-likeness (QED) is 0.884. The maximum absolute atomic E-state index is 13.6. The second-order valence-electron chi connectivity index (χ2n) is 3.68. The van der Waals surface area contributed by atoms with E-state index in [2.05, 4.69) is 15.9 Å². The van der Waals surface area contributed by atoms with Gasteiger partial charge in [0.2, 0.25) is 0 Å². The molecule has 2 rings (SSSR count). The smallest absolute Gasteiger partial charge is 0.131 e. The van der Waals surface area contributed by atoms with Gasteiger partial charge >= 0.3 is 0 Å². The summed E-state index contributed by atoms with van der Waals surface area (Å²) in [6.45, 7) is 1.88. The molecule has 90 valence electrons. The molecule has 17 heavy (non-hydrogen) atoms. The van der Waals surface area contributed by atoms with Gasteiger partial charge in [0.25, 0.3) is 0 Å². The molecular formula is C12H10BrF2NS. The molecule has 1 atom stereocenters. The Balaban J connectivity index is 2.51. The molecule has 0 saturated heterocycles. The highest BCUT2D eigenvalue weighted by Gasteiger charge is 2.20. The molecule has 1 unspecified atom stereocenters. The number of hydrogen-bond acceptors (Lipinski definition) is 2. The van der Waals surface area contributed by atoms with Gasteiger partial charge in [0.1, 0.15) is 11.6 Å². The second-order valence-corrected chi connectivity index (χ2v) is 6.31. The second kappa shape index (κ2) is 4.84. The Hall–Kier alpha value is -0.780. The Morgan fingerprint density at radius 1 is 1.29 bits per heavy atom. The lowest BCUT2D eigenvalue weighted by Gasteiger charge is -2.13. The molecule has 1 nitrogen and oxygen atoms in total. The van der Waals surface area contributed by atoms with Crippen molar-refractivity contribution in [2.24, 2.45) is 5.73 Å². The lowest BCUT2D eigenvalue weighted by atomic mass is 9.99. The minimum atomic E-state index is -0.779. The van der Waals surface area contributed by atoms with Crippen molar-refractivity contribution in [2.75, 3.05) is 0 Å². The third-order valence-electron chi connectivity index (χ3n) is 2.57. The van der Waals surface area contributed by atoms with Crippen LogP contribution in [-0.4, -0.2) is 0 Å². The number of rotatable bonds is 2. The zero-order valence-electron chi connectivity index (χ0n) is 9.01. The first-order valence-corrected chi connectivity index (χ1v) is 6.57. The van der Waals surface area contributed by atoms with Crippen molar-refractivity contribution in [1.29, 1.82) is 0 Å². The molecule has 0 spiro atoms. The largest absolute Gasteiger partial charge is 0.320 e. The van der Waals surface area contributed by atoms with Crippen LogP contribution >= 0.6 is 27.3 Å². The highest BCUT2D eigenvalue weighted by Crippen LogP contribution is 2.34. The van der Waals surface area contributed by atoms with Crippen LogP contribution in [0.15, 0.2) is 28.1 Å². The zero-order valence-corrected chi connectivity index (χ0v) is 11.4. The summed E-state index contributed by atoms with van der Waals surface area (Å²) in [5, 5.41) is 0. The molecule has 0 radical (unpaired) electrons. The maximum atomic E-state index is 13.6. The van der Waals surface area contributed by atoms with Crippen molar-refractivity contribution < 1.29 is 8.78 Å². The molecule has 0 aliphatic heterocycles. The highest BCUT2D eigenvalue weighted by atomic mass is 79.9. The molecule has 1 aromatic carbocycles. The van der Waals surface area contributed by atoms with Gasteiger partial charge in [-0.15, -0.1) is 11.3 Å². The molecule has 1 heterocycles. The third kappa shape index (κ3) is 2.41. The number of benzene rings is 1. The molecule has 1 aromatic heterocycles. The summed E-state index contributed by atoms with van der Waals surface area (Å²) in [5.41, 5.74) is 6.60. The first-order valence-electron chi connectivity index (χ1n) is 4.96. The summed E-state index contributed by atoms with van der Waals surface area (Å²) >= 11 is 4.83. The van der Waals surface area contributed by atoms with Crippen LogP contribution in [0.1, 0.15) is 22.0 Å². The first-order chi connectivity index (χ1) is 8.00. The fourth-order valence-corrected chi connectivity index (χ4v) is 3.49. The zero-order chi connectivity index (χ0) is 12.6. The molecule has 2 N–H and O–H groups in total. The summed E-state index contributed by atoms with van der Waals surface area (Å²) in [7, 11) is 0. The monoisotopic (exact) mass is 317 g/mol. The van der Waals surface area contributed by atoms with E-state index in [0.29, 0.717) is 0 Å². The lowest BCUT2D eigenvalue weighted by molar-refractivity contribution is 0.543. The summed E-state index contributed by atoms with van der Waals surface area (Å²) in [4.78, 5) is 0.951. The fraction of sp³-hybridized carbons (Fsp3) is 0.167. The standard InChI is InChI=1S/C12H10BrF2NS/c1-6-7(5-10(13)17-6)12(16)11-8(14)3-2-4-9(11)15/h2-5,12H,16H2,1H3. The number of thiophene rings is 1. The maximum Gasteiger partial charge on any atom is 0.131 e. The molecule has 0 bridgehead atoms. The van der Waals surface area contributed by atoms with Crippen molar-refractivity contribution >= 4 is 27.3 Å². The van der Waals surface area contributed by atoms with Gasteiger partial charge in [-0.05, 0) is 46.6 Å². The van der Waals surface area contributed by atoms with E-state index in [9.17, 15) is 8.78 Å². The SMILES string of the molecule is Cc1sc(Br)cc1C(N)c1c(F)cccc1F. The van der Waals surface area contributed by atoms with Crippen molar-refractivity contribution in [3.05, 3.63) is 55.7 Å². The van der Waals surface area contributed by atoms with Crippen molar-refractivity contribution in [3.8, 4) is 0 Å². The molecule has 0 fully saturated rings. The molecule has 0 amide bonds. The van der Waals surface area contributed by atoms with Crippen LogP contribution in [0.2, 0.25) is 0 Å². The highest BCUT2D eigenvalue weighted by molar-refractivity contribution is 9.11. The minimum Gasteiger partial charge on any atom is -0.320 e. The van der Waals surface area contributed by atoms with Crippen LogP contribution in [-0.2, 0) is 0 Å². The van der Waals surface area contributed by atoms with E-state index in [-0.39, 0.29) is 5.56 Å². The van der Waals surface area contributed by atoms with Crippen LogP contribution in [0.3, 0.4) is 0 Å². The van der Waals surface area contributed by atoms with E-state index in [4.69, 9.17) is 5.73 Å². The Morgan fingerprint density at radius 2 is 1.88 bits per heavy atom. The van der Waals surface area contributed by atoms with Gasteiger partial charge in [-0.3, -0.25) is 0 Å². The number of nitrogens with two attached hydrogens (primary N) is 1. The number of aryl methyl sites for hydroxylation is 1. The van der Waals surface area contributed by atoms with Crippen LogP contribution in [0, 0.1) is 18.6 Å². The molecule has 0 aliphatic rings. The van der Waals surface area contributed by atoms with Crippen LogP contribution < -0.4 is 5.73 Å². The van der Waals surface area contributed by atoms with Gasteiger partial charge in [0, 0.05) is 10.4 Å². The van der Waals surface area contributed by atoms with E-state index in [1.165, 1.54) is 29.5 Å². The summed E-state index contributed by atoms with van der Waals surface area (Å²) in [6, 6.07) is 4.79. The van der Waals surface area contributed by atoms with Gasteiger partial charge in [-0.25, -0.2) is 8.78 Å². The Kier molecular flexibility index (Phi) is 3.61. The van der Waals surface area contributed by atoms with Gasteiger partial charge in [-0.1, -0.05) is 6.07 Å². The van der Waals surface area contributed by atoms with E-state index in [0.717, 1.165) is 14.2 Å². The van der Waals surface area contributed by atoms with Gasteiger partial charge < -0.3 is 5.73 Å². The Bertz CT molecular complexity index is 533. The predicted molar refractivity (Wildman–Crippen MR) is 69.1 cm³/mol. The normalized spacial score (nSPS) is 12.8. The summed E-state index contributed by atoms with van der Waals surface area (Å²) in [6.07, 6.45) is 0. The molecule has 0 aliphatic carbocycles. The van der Waals surface area contributed by atoms with E-state index in [1.54, 1.807) is 6.07 Å². The molecule has 0 saturated carbocycles. The predicted octanol–water partition coefficient (Wildman–Crippen LogP) is 4.15. The van der Waals surface area contributed by atoms with Gasteiger partial charge in [0.15, 0.2) is 0 Å². The average Bonchev–Trinajstić information content (AvgIpc) is 2.57. The Morgan fingerprint density at radius 3 is 2.35 bits per heavy atom. The lowest BCUT2D eigenvalue weighted by Crippen LogP contribution is -2.15. The van der Waals surface area contributed by atoms with E-state index >= 15 is 0 Å². The Labute approximate surface area is 110 Å². The molecule has 2 aromatic rings. The van der Waals surface area contributed by atoms with Crippen LogP contribution in [0.4, 0.5) is 8.78 Å². The topological polar surface area (TPSA) is 26.0 Å². The van der Waals surface area contributed by atoms with Crippen molar-refractivity contribution in [2.45, 2.75) is 13.0 Å². The average molecular weight is 318 g/mol. The van der Waals surface area contributed by atoms with E-state index < -0.39 is 17.7 Å². The van der Waals surface area contributed by atoms with Crippen LogP contribution in [0.25, 0.3) is 0 Å². The fourth-order valence-electron chi connectivity index (χ4n) is 1.73. The van der Waals surface area contributed by atoms with Gasteiger partial charge in [-0.2, -0.15) is 0 Å².